The molecule has 2 aromatic heterocycles. The highest BCUT2D eigenvalue weighted by Gasteiger charge is 2.36. The first kappa shape index (κ1) is 50.6. The molecule has 2 aliphatic rings. The predicted octanol–water partition coefficient (Wildman–Crippen LogP) is 1.58. The van der Waals surface area contributed by atoms with E-state index < -0.39 is 30.3 Å². The third kappa shape index (κ3) is 16.2. The van der Waals surface area contributed by atoms with Gasteiger partial charge in [-0.15, -0.1) is 0 Å². The van der Waals surface area contributed by atoms with E-state index >= 15 is 0 Å². The second-order valence-corrected chi connectivity index (χ2v) is 16.8. The molecule has 1 amide bonds. The molecule has 5 N–H and O–H groups in total. The number of anilines is 2. The van der Waals surface area contributed by atoms with Crippen LogP contribution in [0, 0.1) is 5.41 Å². The third-order valence-electron chi connectivity index (χ3n) is 10.4. The molecular formula is C41H69FN14O7. The first-order valence-electron chi connectivity index (χ1n) is 21.9. The molecule has 352 valence electrons. The van der Waals surface area contributed by atoms with Crippen molar-refractivity contribution in [2.75, 3.05) is 109 Å². The van der Waals surface area contributed by atoms with Crippen LogP contribution in [0.15, 0.2) is 18.2 Å². The molecule has 2 saturated heterocycles. The number of rotatable bonds is 26. The second-order valence-electron chi connectivity index (χ2n) is 16.8. The first-order chi connectivity index (χ1) is 30.0. The van der Waals surface area contributed by atoms with Gasteiger partial charge >= 0.3 is 17.9 Å². The molecule has 2 aromatic rings. The number of cyclic esters (lactones) is 1. The van der Waals surface area contributed by atoms with Gasteiger partial charge in [-0.1, -0.05) is 20.8 Å². The number of carbonyl (C=O) groups is 4. The van der Waals surface area contributed by atoms with Crippen LogP contribution in [0.4, 0.5) is 16.2 Å². The Bertz CT molecular complexity index is 1870. The van der Waals surface area contributed by atoms with Crippen molar-refractivity contribution in [1.82, 2.24) is 55.4 Å². The topological polar surface area (TPSA) is 228 Å². The number of hydroxylamine groups is 2. The monoisotopic (exact) mass is 889 g/mol. The predicted molar refractivity (Wildman–Crippen MR) is 236 cm³/mol. The van der Waals surface area contributed by atoms with E-state index in [-0.39, 0.29) is 50.7 Å². The van der Waals surface area contributed by atoms with E-state index in [1.165, 1.54) is 0 Å². The van der Waals surface area contributed by atoms with Crippen LogP contribution in [0.25, 0.3) is 11.2 Å². The lowest BCUT2D eigenvalue weighted by atomic mass is 10.1. The zero-order valence-electron chi connectivity index (χ0n) is 38.3. The number of carbonyl (C=O) groups excluding carboxylic acids is 4. The van der Waals surface area contributed by atoms with Crippen molar-refractivity contribution >= 4 is 52.5 Å². The number of aromatic nitrogens is 4. The van der Waals surface area contributed by atoms with Gasteiger partial charge in [-0.05, 0) is 80.1 Å². The largest absolute Gasteiger partial charge is 0.437 e. The molecule has 63 heavy (non-hydrogen) atoms. The fourth-order valence-corrected chi connectivity index (χ4v) is 6.56. The smallest absolute Gasteiger partial charge is 0.343 e. The minimum Gasteiger partial charge on any atom is -0.437 e. The summed E-state index contributed by atoms with van der Waals surface area (Å²) in [7, 11) is 3.45. The molecule has 0 aliphatic carbocycles. The van der Waals surface area contributed by atoms with Gasteiger partial charge in [0.05, 0.1) is 62.2 Å². The second kappa shape index (κ2) is 24.7. The minimum atomic E-state index is -1.12. The summed E-state index contributed by atoms with van der Waals surface area (Å²) in [6.07, 6.45) is 4.85. The van der Waals surface area contributed by atoms with E-state index in [0.717, 1.165) is 19.3 Å². The number of allylic oxidation sites excluding steroid dienone is 1. The van der Waals surface area contributed by atoms with E-state index in [1.807, 2.05) is 30.2 Å². The van der Waals surface area contributed by atoms with Crippen LogP contribution in [-0.2, 0) is 39.1 Å². The van der Waals surface area contributed by atoms with Gasteiger partial charge in [0.1, 0.15) is 6.17 Å². The molecule has 1 unspecified atom stereocenters. The Balaban J connectivity index is 1.15. The molecule has 2 atom stereocenters. The van der Waals surface area contributed by atoms with Crippen LogP contribution >= 0.6 is 0 Å². The SMILES string of the molecule is CCC(=N)/C(=C\NCCCCCNC(=O)CNCCN(C)CC(=O)ON(OC(=O)CN(C)CC)C1CN(CC)CC(=O)O1)Nc1nc(N2CC[C@H](F)C2)nc2c1ncn2C(C)(C)C. The summed E-state index contributed by atoms with van der Waals surface area (Å²) < 4.78 is 21.5. The molecular weight excluding hydrogens is 820 g/mol. The number of halogens is 1. The number of likely N-dealkylation sites (N-methyl/N-ethyl adjacent to an activating group) is 3. The number of hydrogen-bond donors (Lipinski definition) is 5. The van der Waals surface area contributed by atoms with Gasteiger partial charge in [-0.3, -0.25) is 24.3 Å². The fourth-order valence-electron chi connectivity index (χ4n) is 6.56. The van der Waals surface area contributed by atoms with Crippen LogP contribution in [0.2, 0.25) is 0 Å². The molecule has 21 nitrogen and oxygen atoms in total. The maximum Gasteiger partial charge on any atom is 0.343 e. The Labute approximate surface area is 369 Å². The lowest BCUT2D eigenvalue weighted by molar-refractivity contribution is -0.380. The molecule has 0 bridgehead atoms. The van der Waals surface area contributed by atoms with Crippen molar-refractivity contribution in [3.05, 3.63) is 18.2 Å². The highest BCUT2D eigenvalue weighted by Crippen LogP contribution is 2.29. The Kier molecular flexibility index (Phi) is 19.9. The molecule has 22 heteroatoms. The number of amides is 1. The van der Waals surface area contributed by atoms with Gasteiger partial charge < -0.3 is 50.6 Å². The summed E-state index contributed by atoms with van der Waals surface area (Å²) in [5.74, 6) is -1.19. The van der Waals surface area contributed by atoms with Gasteiger partial charge in [0.25, 0.3) is 0 Å². The van der Waals surface area contributed by atoms with Gasteiger partial charge in [-0.2, -0.15) is 9.97 Å². The number of hydrogen-bond acceptors (Lipinski definition) is 19. The number of esters is 1. The Morgan fingerprint density at radius 2 is 1.73 bits per heavy atom. The van der Waals surface area contributed by atoms with Crippen molar-refractivity contribution in [2.45, 2.75) is 91.6 Å². The molecule has 0 aromatic carbocycles. The fraction of sp³-hybridized carbons (Fsp3) is 0.707. The summed E-state index contributed by atoms with van der Waals surface area (Å²) in [5.41, 5.74) is 1.84. The number of imidazole rings is 1. The molecule has 2 aliphatic heterocycles. The zero-order valence-corrected chi connectivity index (χ0v) is 38.3. The minimum absolute atomic E-state index is 0.0573. The summed E-state index contributed by atoms with van der Waals surface area (Å²) in [6, 6.07) is 0. The lowest BCUT2D eigenvalue weighted by Crippen LogP contribution is -2.54. The highest BCUT2D eigenvalue weighted by molar-refractivity contribution is 6.01. The maximum absolute atomic E-state index is 14.2. The van der Waals surface area contributed by atoms with Crippen LogP contribution in [-0.4, -0.2) is 181 Å². The first-order valence-corrected chi connectivity index (χ1v) is 21.9. The average molecular weight is 889 g/mol. The van der Waals surface area contributed by atoms with E-state index in [2.05, 4.69) is 47.0 Å². The molecule has 4 heterocycles. The van der Waals surface area contributed by atoms with Gasteiger partial charge in [-0.25, -0.2) is 19.0 Å². The van der Waals surface area contributed by atoms with E-state index in [0.29, 0.717) is 98.2 Å². The number of ether oxygens (including phenoxy) is 1. The molecule has 2 fully saturated rings. The molecule has 0 spiro atoms. The van der Waals surface area contributed by atoms with E-state index in [9.17, 15) is 23.6 Å². The van der Waals surface area contributed by atoms with Crippen molar-refractivity contribution in [1.29, 1.82) is 5.41 Å². The molecule has 4 rings (SSSR count). The van der Waals surface area contributed by atoms with Gasteiger partial charge in [0.15, 0.2) is 17.0 Å². The molecule has 0 radical (unpaired) electrons. The normalized spacial score (nSPS) is 17.4. The number of unbranched alkanes of at least 4 members (excludes halogenated alkanes) is 2. The van der Waals surface area contributed by atoms with Crippen molar-refractivity contribution in [3.8, 4) is 0 Å². The Hall–Kier alpha value is -5.03. The van der Waals surface area contributed by atoms with Crippen LogP contribution in [0.1, 0.15) is 73.6 Å². The van der Waals surface area contributed by atoms with Crippen LogP contribution in [0.3, 0.4) is 0 Å². The van der Waals surface area contributed by atoms with E-state index in [4.69, 9.17) is 29.8 Å². The lowest BCUT2D eigenvalue weighted by Gasteiger charge is -2.35. The number of fused-ring (bicyclic) bond motifs is 1. The van der Waals surface area contributed by atoms with Crippen molar-refractivity contribution in [3.63, 3.8) is 0 Å². The van der Waals surface area contributed by atoms with Crippen LogP contribution in [0.5, 0.6) is 0 Å². The standard InChI is InChI=1S/C41H69FN14O7/c1-9-30(43)31(48-38-37-39(55(28-47-37)41(4,5)6)50-40(49-38)54-19-15-29(42)23-54)21-44-16-13-12-14-17-46-32(57)22-45-18-20-52(8)26-36(60)63-56(62-35(59)25-51(7)10-2)33-24-53(11-3)27-34(58)61-33/h21,28-29,33,43-45H,9-20,22-27H2,1-8H3,(H,46,57)(H,48,49,50)/b31-21+,43-30?/t29-,33?/m0/s1. The van der Waals surface area contributed by atoms with E-state index in [1.54, 1.807) is 41.3 Å². The number of nitrogens with zero attached hydrogens (tertiary/aromatic N) is 9. The van der Waals surface area contributed by atoms with Crippen LogP contribution < -0.4 is 26.2 Å². The Morgan fingerprint density at radius 3 is 2.38 bits per heavy atom. The number of alkyl halides is 1. The summed E-state index contributed by atoms with van der Waals surface area (Å²) in [4.78, 5) is 81.9. The van der Waals surface area contributed by atoms with Crippen molar-refractivity contribution in [2.24, 2.45) is 0 Å². The van der Waals surface area contributed by atoms with Crippen molar-refractivity contribution < 1.29 is 38.0 Å². The number of morpholine rings is 1. The van der Waals surface area contributed by atoms with Gasteiger partial charge in [0, 0.05) is 44.5 Å². The number of nitrogens with one attached hydrogen (secondary N) is 5. The Morgan fingerprint density at radius 1 is 1.02 bits per heavy atom. The highest BCUT2D eigenvalue weighted by atomic mass is 19.1. The average Bonchev–Trinajstić information content (AvgIpc) is 3.88. The summed E-state index contributed by atoms with van der Waals surface area (Å²) >= 11 is 0. The third-order valence-corrected chi connectivity index (χ3v) is 10.4. The molecule has 0 saturated carbocycles. The summed E-state index contributed by atoms with van der Waals surface area (Å²) in [6.45, 7) is 15.9. The zero-order chi connectivity index (χ0) is 46.1. The van der Waals surface area contributed by atoms with Gasteiger partial charge in [0.2, 0.25) is 18.1 Å². The maximum atomic E-state index is 14.2. The summed E-state index contributed by atoms with van der Waals surface area (Å²) in [5, 5.41) is 21.9. The quantitative estimate of drug-likeness (QED) is 0.0391.